The van der Waals surface area contributed by atoms with Gasteiger partial charge >= 0.3 is 0 Å². The van der Waals surface area contributed by atoms with Crippen molar-refractivity contribution >= 4 is 15.9 Å². The van der Waals surface area contributed by atoms with Gasteiger partial charge in [0, 0.05) is 19.1 Å². The lowest BCUT2D eigenvalue weighted by atomic mass is 9.80. The Morgan fingerprint density at radius 2 is 2.30 bits per heavy atom. The molecule has 3 atom stereocenters. The molecule has 0 bridgehead atoms. The van der Waals surface area contributed by atoms with Gasteiger partial charge in [0.05, 0.1) is 11.2 Å². The van der Waals surface area contributed by atoms with Gasteiger partial charge in [0.15, 0.2) is 17.9 Å². The number of aromatic nitrogens is 3. The SMILES string of the molecule is CCS(=O)(=O)N[C@@H]1C[C@H]2CN(C(=O)c3cocn3)C[C@@]2(c2nc(C)no2)C1. The lowest BCUT2D eigenvalue weighted by Crippen LogP contribution is -2.40. The third-order valence-electron chi connectivity index (χ3n) is 5.49. The zero-order valence-corrected chi connectivity index (χ0v) is 15.9. The summed E-state index contributed by atoms with van der Waals surface area (Å²) in [6.07, 6.45) is 3.64. The molecule has 1 N–H and O–H groups in total. The Morgan fingerprint density at radius 1 is 1.48 bits per heavy atom. The Morgan fingerprint density at radius 3 is 2.93 bits per heavy atom. The van der Waals surface area contributed by atoms with Gasteiger partial charge in [0.2, 0.25) is 15.9 Å². The Kier molecular flexibility index (Phi) is 4.30. The minimum Gasteiger partial charge on any atom is -0.451 e. The van der Waals surface area contributed by atoms with Crippen molar-refractivity contribution in [2.45, 2.75) is 38.1 Å². The number of carbonyl (C=O) groups excluding carboxylic acids is 1. The molecule has 2 fully saturated rings. The van der Waals surface area contributed by atoms with E-state index in [-0.39, 0.29) is 29.3 Å². The molecule has 4 rings (SSSR count). The van der Waals surface area contributed by atoms with E-state index in [0.29, 0.717) is 37.6 Å². The molecule has 1 aliphatic carbocycles. The zero-order valence-electron chi connectivity index (χ0n) is 15.1. The summed E-state index contributed by atoms with van der Waals surface area (Å²) in [5.74, 6) is 0.783. The quantitative estimate of drug-likeness (QED) is 0.773. The molecular formula is C16H21N5O5S. The highest BCUT2D eigenvalue weighted by Crippen LogP contribution is 2.50. The van der Waals surface area contributed by atoms with Gasteiger partial charge in [0.1, 0.15) is 6.26 Å². The second kappa shape index (κ2) is 6.41. The Bertz CT molecular complexity index is 940. The maximum Gasteiger partial charge on any atom is 0.275 e. The number of fused-ring (bicyclic) bond motifs is 1. The van der Waals surface area contributed by atoms with E-state index in [9.17, 15) is 13.2 Å². The van der Waals surface area contributed by atoms with E-state index in [2.05, 4.69) is 19.8 Å². The van der Waals surface area contributed by atoms with Crippen LogP contribution in [0.4, 0.5) is 0 Å². The molecule has 146 valence electrons. The first-order valence-electron chi connectivity index (χ1n) is 8.81. The van der Waals surface area contributed by atoms with Gasteiger partial charge in [-0.15, -0.1) is 0 Å². The number of oxazole rings is 1. The fourth-order valence-corrected chi connectivity index (χ4v) is 5.12. The van der Waals surface area contributed by atoms with Crippen molar-refractivity contribution in [1.29, 1.82) is 0 Å². The van der Waals surface area contributed by atoms with Crippen molar-refractivity contribution in [3.05, 3.63) is 30.1 Å². The van der Waals surface area contributed by atoms with E-state index in [1.54, 1.807) is 18.7 Å². The number of nitrogens with zero attached hydrogens (tertiary/aromatic N) is 4. The van der Waals surface area contributed by atoms with E-state index in [1.807, 2.05) is 0 Å². The zero-order chi connectivity index (χ0) is 19.2. The first kappa shape index (κ1) is 18.1. The van der Waals surface area contributed by atoms with Crippen LogP contribution in [-0.2, 0) is 15.4 Å². The number of sulfonamides is 1. The van der Waals surface area contributed by atoms with Crippen molar-refractivity contribution < 1.29 is 22.2 Å². The van der Waals surface area contributed by atoms with Gasteiger partial charge in [-0.05, 0) is 32.6 Å². The Labute approximate surface area is 156 Å². The van der Waals surface area contributed by atoms with Crippen molar-refractivity contribution in [1.82, 2.24) is 24.7 Å². The summed E-state index contributed by atoms with van der Waals surface area (Å²) in [5, 5.41) is 3.90. The van der Waals surface area contributed by atoms with Gasteiger partial charge in [0.25, 0.3) is 5.91 Å². The van der Waals surface area contributed by atoms with E-state index in [0.717, 1.165) is 0 Å². The third-order valence-corrected chi connectivity index (χ3v) is 6.95. The highest BCUT2D eigenvalue weighted by molar-refractivity contribution is 7.89. The van der Waals surface area contributed by atoms with E-state index >= 15 is 0 Å². The lowest BCUT2D eigenvalue weighted by Gasteiger charge is -2.25. The number of aryl methyl sites for hydroxylation is 1. The molecule has 10 nitrogen and oxygen atoms in total. The van der Waals surface area contributed by atoms with Crippen molar-refractivity contribution in [2.24, 2.45) is 5.92 Å². The van der Waals surface area contributed by atoms with Crippen LogP contribution in [0.3, 0.4) is 0 Å². The van der Waals surface area contributed by atoms with Crippen LogP contribution in [0.15, 0.2) is 21.6 Å². The predicted octanol–water partition coefficient (Wildman–Crippen LogP) is 0.478. The fourth-order valence-electron chi connectivity index (χ4n) is 4.26. The first-order valence-corrected chi connectivity index (χ1v) is 10.5. The number of nitrogens with one attached hydrogen (secondary N) is 1. The van der Waals surface area contributed by atoms with E-state index in [1.165, 1.54) is 12.7 Å². The molecule has 2 aromatic rings. The summed E-state index contributed by atoms with van der Waals surface area (Å²) in [7, 11) is -3.32. The van der Waals surface area contributed by atoms with E-state index < -0.39 is 15.4 Å². The fraction of sp³-hybridized carbons (Fsp3) is 0.625. The molecule has 1 saturated carbocycles. The molecule has 1 amide bonds. The highest BCUT2D eigenvalue weighted by atomic mass is 32.2. The second-order valence-electron chi connectivity index (χ2n) is 7.22. The number of rotatable bonds is 5. The minimum absolute atomic E-state index is 0.0118. The van der Waals surface area contributed by atoms with Gasteiger partial charge in [-0.2, -0.15) is 4.98 Å². The van der Waals surface area contributed by atoms with Gasteiger partial charge in [-0.25, -0.2) is 18.1 Å². The van der Waals surface area contributed by atoms with Crippen LogP contribution in [0.2, 0.25) is 0 Å². The molecule has 1 saturated heterocycles. The molecule has 1 aliphatic heterocycles. The van der Waals surface area contributed by atoms with Crippen LogP contribution >= 0.6 is 0 Å². The molecule has 0 spiro atoms. The normalized spacial score (nSPS) is 27.9. The summed E-state index contributed by atoms with van der Waals surface area (Å²) in [4.78, 5) is 22.7. The number of likely N-dealkylation sites (tertiary alicyclic amines) is 1. The number of hydrogen-bond acceptors (Lipinski definition) is 8. The largest absolute Gasteiger partial charge is 0.451 e. The molecular weight excluding hydrogens is 374 g/mol. The molecule has 0 aromatic carbocycles. The molecule has 2 aliphatic rings. The molecule has 11 heteroatoms. The van der Waals surface area contributed by atoms with E-state index in [4.69, 9.17) is 8.94 Å². The van der Waals surface area contributed by atoms with Crippen LogP contribution in [0.1, 0.15) is 42.0 Å². The summed E-state index contributed by atoms with van der Waals surface area (Å²) < 4.78 is 37.1. The lowest BCUT2D eigenvalue weighted by molar-refractivity contribution is 0.0767. The van der Waals surface area contributed by atoms with Crippen molar-refractivity contribution in [2.75, 3.05) is 18.8 Å². The maximum atomic E-state index is 12.7. The van der Waals surface area contributed by atoms with Crippen LogP contribution in [-0.4, -0.2) is 59.2 Å². The minimum atomic E-state index is -3.32. The van der Waals surface area contributed by atoms with Crippen molar-refractivity contribution in [3.8, 4) is 0 Å². The average molecular weight is 395 g/mol. The molecule has 3 heterocycles. The molecule has 27 heavy (non-hydrogen) atoms. The summed E-state index contributed by atoms with van der Waals surface area (Å²) in [5.41, 5.74) is -0.322. The van der Waals surface area contributed by atoms with Gasteiger partial charge in [-0.3, -0.25) is 4.79 Å². The monoisotopic (exact) mass is 395 g/mol. The summed E-state index contributed by atoms with van der Waals surface area (Å²) in [6.45, 7) is 4.18. The smallest absolute Gasteiger partial charge is 0.275 e. The standard InChI is InChI=1S/C16H21N5O5S/c1-3-27(23,24)20-12-4-11-6-21(14(22)13-7-25-9-17-13)8-16(11,5-12)15-18-10(2)19-26-15/h7,9,11-12,20H,3-6,8H2,1-2H3/t11-,12+,16-/m0/s1. The number of amides is 1. The van der Waals surface area contributed by atoms with Crippen LogP contribution in [0.25, 0.3) is 0 Å². The predicted molar refractivity (Wildman–Crippen MR) is 92.2 cm³/mol. The molecule has 0 radical (unpaired) electrons. The van der Waals surface area contributed by atoms with Crippen LogP contribution in [0, 0.1) is 12.8 Å². The summed E-state index contributed by atoms with van der Waals surface area (Å²) in [6, 6.07) is -0.226. The van der Waals surface area contributed by atoms with Gasteiger partial charge < -0.3 is 13.8 Å². The second-order valence-corrected chi connectivity index (χ2v) is 9.26. The average Bonchev–Trinajstić information content (AvgIpc) is 3.36. The highest BCUT2D eigenvalue weighted by Gasteiger charge is 2.58. The molecule has 0 unspecified atom stereocenters. The number of carbonyl (C=O) groups is 1. The van der Waals surface area contributed by atoms with Crippen LogP contribution in [0.5, 0.6) is 0 Å². The maximum absolute atomic E-state index is 12.7. The molecule has 2 aromatic heterocycles. The first-order chi connectivity index (χ1) is 12.8. The number of hydrogen-bond donors (Lipinski definition) is 1. The third kappa shape index (κ3) is 3.14. The van der Waals surface area contributed by atoms with Gasteiger partial charge in [-0.1, -0.05) is 5.16 Å². The van der Waals surface area contributed by atoms with Crippen LogP contribution < -0.4 is 4.72 Å². The Balaban J connectivity index is 1.62. The van der Waals surface area contributed by atoms with Crippen molar-refractivity contribution in [3.63, 3.8) is 0 Å². The topological polar surface area (TPSA) is 131 Å². The Hall–Kier alpha value is -2.27. The summed E-state index contributed by atoms with van der Waals surface area (Å²) >= 11 is 0.